The fraction of sp³-hybridized carbons (Fsp3) is 0.188. The predicted molar refractivity (Wildman–Crippen MR) is 80.1 cm³/mol. The van der Waals surface area contributed by atoms with E-state index in [1.807, 2.05) is 30.3 Å². The number of ether oxygens (including phenoxy) is 2. The SMILES string of the molecule is NNC(=O)c1ccc(OCCCOc2ccccc2)cc1. The van der Waals surface area contributed by atoms with Crippen molar-refractivity contribution in [1.82, 2.24) is 5.43 Å². The number of hydrogen-bond donors (Lipinski definition) is 2. The minimum absolute atomic E-state index is 0.321. The highest BCUT2D eigenvalue weighted by atomic mass is 16.5. The lowest BCUT2D eigenvalue weighted by Gasteiger charge is -2.08. The molecule has 110 valence electrons. The van der Waals surface area contributed by atoms with E-state index in [1.54, 1.807) is 24.3 Å². The number of carbonyl (C=O) groups excluding carboxylic acids is 1. The van der Waals surface area contributed by atoms with Crippen LogP contribution in [0, 0.1) is 0 Å². The third-order valence-corrected chi connectivity index (χ3v) is 2.82. The summed E-state index contributed by atoms with van der Waals surface area (Å²) in [6, 6.07) is 16.5. The summed E-state index contributed by atoms with van der Waals surface area (Å²) in [7, 11) is 0. The Morgan fingerprint density at radius 3 is 2.05 bits per heavy atom. The Kier molecular flexibility index (Phi) is 5.60. The van der Waals surface area contributed by atoms with E-state index in [2.05, 4.69) is 5.43 Å². The number of amides is 1. The van der Waals surface area contributed by atoms with Gasteiger partial charge in [-0.2, -0.15) is 0 Å². The second kappa shape index (κ2) is 7.91. The smallest absolute Gasteiger partial charge is 0.265 e. The van der Waals surface area contributed by atoms with E-state index in [0.29, 0.717) is 24.5 Å². The van der Waals surface area contributed by atoms with Gasteiger partial charge in [0, 0.05) is 12.0 Å². The number of nitrogens with one attached hydrogen (secondary N) is 1. The summed E-state index contributed by atoms with van der Waals surface area (Å²) >= 11 is 0. The molecule has 5 heteroatoms. The summed E-state index contributed by atoms with van der Waals surface area (Å²) in [6.07, 6.45) is 0.778. The molecule has 2 rings (SSSR count). The van der Waals surface area contributed by atoms with Crippen LogP contribution in [0.15, 0.2) is 54.6 Å². The molecule has 5 nitrogen and oxygen atoms in total. The van der Waals surface area contributed by atoms with Gasteiger partial charge in [-0.1, -0.05) is 18.2 Å². The molecule has 0 heterocycles. The predicted octanol–water partition coefficient (Wildman–Crippen LogP) is 2.14. The highest BCUT2D eigenvalue weighted by molar-refractivity contribution is 5.93. The third-order valence-electron chi connectivity index (χ3n) is 2.82. The van der Waals surface area contributed by atoms with Gasteiger partial charge in [0.2, 0.25) is 0 Å². The number of carbonyl (C=O) groups is 1. The van der Waals surface area contributed by atoms with Gasteiger partial charge in [-0.15, -0.1) is 0 Å². The summed E-state index contributed by atoms with van der Waals surface area (Å²) in [5, 5.41) is 0. The molecule has 0 aromatic heterocycles. The maximum atomic E-state index is 11.3. The van der Waals surface area contributed by atoms with Crippen LogP contribution in [0.4, 0.5) is 0 Å². The van der Waals surface area contributed by atoms with Crippen LogP contribution >= 0.6 is 0 Å². The minimum Gasteiger partial charge on any atom is -0.493 e. The molecule has 0 saturated heterocycles. The number of nitrogens with two attached hydrogens (primary N) is 1. The third kappa shape index (κ3) is 4.81. The quantitative estimate of drug-likeness (QED) is 0.354. The number of para-hydroxylation sites is 1. The zero-order chi connectivity index (χ0) is 14.9. The second-order valence-electron chi connectivity index (χ2n) is 4.36. The van der Waals surface area contributed by atoms with Crippen molar-refractivity contribution in [1.29, 1.82) is 0 Å². The van der Waals surface area contributed by atoms with Crippen molar-refractivity contribution in [3.63, 3.8) is 0 Å². The molecule has 0 atom stereocenters. The van der Waals surface area contributed by atoms with Crippen molar-refractivity contribution >= 4 is 5.91 Å². The molecule has 0 aliphatic carbocycles. The van der Waals surface area contributed by atoms with E-state index in [0.717, 1.165) is 12.2 Å². The van der Waals surface area contributed by atoms with Crippen molar-refractivity contribution in [3.8, 4) is 11.5 Å². The molecule has 0 fully saturated rings. The van der Waals surface area contributed by atoms with Gasteiger partial charge >= 0.3 is 0 Å². The number of rotatable bonds is 7. The highest BCUT2D eigenvalue weighted by Crippen LogP contribution is 2.13. The minimum atomic E-state index is -0.321. The Hall–Kier alpha value is -2.53. The molecular weight excluding hydrogens is 268 g/mol. The van der Waals surface area contributed by atoms with Crippen molar-refractivity contribution in [2.75, 3.05) is 13.2 Å². The van der Waals surface area contributed by atoms with E-state index in [-0.39, 0.29) is 5.91 Å². The monoisotopic (exact) mass is 286 g/mol. The average molecular weight is 286 g/mol. The first kappa shape index (κ1) is 14.9. The summed E-state index contributed by atoms with van der Waals surface area (Å²) in [6.45, 7) is 1.15. The molecule has 0 bridgehead atoms. The lowest BCUT2D eigenvalue weighted by molar-refractivity contribution is 0.0953. The number of hydrogen-bond acceptors (Lipinski definition) is 4. The van der Waals surface area contributed by atoms with E-state index in [9.17, 15) is 4.79 Å². The Labute approximate surface area is 123 Å². The summed E-state index contributed by atoms with van der Waals surface area (Å²) in [4.78, 5) is 11.3. The normalized spacial score (nSPS) is 9.95. The Bertz CT molecular complexity index is 555. The topological polar surface area (TPSA) is 73.6 Å². The molecule has 0 aliphatic heterocycles. The van der Waals surface area contributed by atoms with Crippen LogP contribution in [0.1, 0.15) is 16.8 Å². The molecule has 3 N–H and O–H groups in total. The van der Waals surface area contributed by atoms with Gasteiger partial charge < -0.3 is 9.47 Å². The van der Waals surface area contributed by atoms with E-state index >= 15 is 0 Å². The Balaban J connectivity index is 1.68. The van der Waals surface area contributed by atoms with Crippen LogP contribution in [-0.2, 0) is 0 Å². The fourth-order valence-corrected chi connectivity index (χ4v) is 1.74. The van der Waals surface area contributed by atoms with Gasteiger partial charge in [-0.3, -0.25) is 10.2 Å². The molecule has 0 spiro atoms. The standard InChI is InChI=1S/C16H18N2O3/c17-18-16(19)13-7-9-15(10-8-13)21-12-4-11-20-14-5-2-1-3-6-14/h1-3,5-10H,4,11-12,17H2,(H,18,19). The van der Waals surface area contributed by atoms with Crippen molar-refractivity contribution in [3.05, 3.63) is 60.2 Å². The average Bonchev–Trinajstić information content (AvgIpc) is 2.55. The van der Waals surface area contributed by atoms with Crippen LogP contribution in [0.3, 0.4) is 0 Å². The number of benzene rings is 2. The molecule has 21 heavy (non-hydrogen) atoms. The van der Waals surface area contributed by atoms with Gasteiger partial charge in [0.25, 0.3) is 5.91 Å². The molecule has 0 aliphatic rings. The highest BCUT2D eigenvalue weighted by Gasteiger charge is 2.02. The maximum absolute atomic E-state index is 11.3. The zero-order valence-electron chi connectivity index (χ0n) is 11.6. The van der Waals surface area contributed by atoms with Crippen molar-refractivity contribution in [2.24, 2.45) is 5.84 Å². The van der Waals surface area contributed by atoms with E-state index in [4.69, 9.17) is 15.3 Å². The molecular formula is C16H18N2O3. The molecule has 2 aromatic carbocycles. The second-order valence-corrected chi connectivity index (χ2v) is 4.36. The van der Waals surface area contributed by atoms with Crippen LogP contribution in [0.2, 0.25) is 0 Å². The first-order valence-corrected chi connectivity index (χ1v) is 6.71. The van der Waals surface area contributed by atoms with Gasteiger partial charge in [-0.05, 0) is 36.4 Å². The van der Waals surface area contributed by atoms with Crippen LogP contribution in [-0.4, -0.2) is 19.1 Å². The van der Waals surface area contributed by atoms with Crippen LogP contribution in [0.25, 0.3) is 0 Å². The molecule has 0 saturated carbocycles. The summed E-state index contributed by atoms with van der Waals surface area (Å²) < 4.78 is 11.1. The first-order valence-electron chi connectivity index (χ1n) is 6.71. The zero-order valence-corrected chi connectivity index (χ0v) is 11.6. The lowest BCUT2D eigenvalue weighted by atomic mass is 10.2. The van der Waals surface area contributed by atoms with Gasteiger partial charge in [0.05, 0.1) is 13.2 Å². The van der Waals surface area contributed by atoms with Crippen LogP contribution in [0.5, 0.6) is 11.5 Å². The van der Waals surface area contributed by atoms with Crippen molar-refractivity contribution < 1.29 is 14.3 Å². The largest absolute Gasteiger partial charge is 0.493 e. The van der Waals surface area contributed by atoms with Gasteiger partial charge in [0.1, 0.15) is 11.5 Å². The lowest BCUT2D eigenvalue weighted by Crippen LogP contribution is -2.29. The van der Waals surface area contributed by atoms with E-state index in [1.165, 1.54) is 0 Å². The van der Waals surface area contributed by atoms with Crippen molar-refractivity contribution in [2.45, 2.75) is 6.42 Å². The molecule has 0 radical (unpaired) electrons. The Morgan fingerprint density at radius 1 is 0.905 bits per heavy atom. The summed E-state index contributed by atoms with van der Waals surface area (Å²) in [5.74, 6) is 6.30. The molecule has 0 unspecified atom stereocenters. The number of hydrazine groups is 1. The maximum Gasteiger partial charge on any atom is 0.265 e. The van der Waals surface area contributed by atoms with Gasteiger partial charge in [0.15, 0.2) is 0 Å². The number of nitrogen functional groups attached to an aromatic ring is 1. The Morgan fingerprint density at radius 2 is 1.48 bits per heavy atom. The van der Waals surface area contributed by atoms with E-state index < -0.39 is 0 Å². The molecule has 1 amide bonds. The molecule has 2 aromatic rings. The first-order chi connectivity index (χ1) is 10.3. The summed E-state index contributed by atoms with van der Waals surface area (Å²) in [5.41, 5.74) is 2.58. The van der Waals surface area contributed by atoms with Gasteiger partial charge in [-0.25, -0.2) is 5.84 Å². The fourth-order valence-electron chi connectivity index (χ4n) is 1.74. The van der Waals surface area contributed by atoms with Crippen LogP contribution < -0.4 is 20.7 Å².